The first kappa shape index (κ1) is 11.6. The van der Waals surface area contributed by atoms with E-state index in [1.807, 2.05) is 4.90 Å². The zero-order valence-electron chi connectivity index (χ0n) is 9.77. The van der Waals surface area contributed by atoms with Crippen molar-refractivity contribution in [3.8, 4) is 0 Å². The van der Waals surface area contributed by atoms with E-state index >= 15 is 0 Å². The van der Waals surface area contributed by atoms with Crippen molar-refractivity contribution in [1.29, 1.82) is 0 Å². The molecule has 4 heteroatoms. The van der Waals surface area contributed by atoms with Gasteiger partial charge < -0.3 is 10.6 Å². The van der Waals surface area contributed by atoms with Gasteiger partial charge in [0.25, 0.3) is 0 Å². The number of carbonyl (C=O) groups excluding carboxylic acids is 1. The minimum atomic E-state index is -0.387. The van der Waals surface area contributed by atoms with E-state index in [-0.39, 0.29) is 18.0 Å². The molecule has 0 aliphatic carbocycles. The Morgan fingerprint density at radius 2 is 2.38 bits per heavy atom. The summed E-state index contributed by atoms with van der Waals surface area (Å²) in [6.45, 7) is 4.71. The number of hydrogen-bond acceptors (Lipinski definition) is 3. The van der Waals surface area contributed by atoms with Crippen molar-refractivity contribution < 1.29 is 4.79 Å². The maximum absolute atomic E-state index is 11.9. The van der Waals surface area contributed by atoms with Crippen LogP contribution >= 0.6 is 11.3 Å². The van der Waals surface area contributed by atoms with Gasteiger partial charge in [0.05, 0.1) is 12.1 Å². The van der Waals surface area contributed by atoms with Gasteiger partial charge >= 0.3 is 0 Å². The van der Waals surface area contributed by atoms with Crippen molar-refractivity contribution in [1.82, 2.24) is 4.90 Å². The Kier molecular flexibility index (Phi) is 3.30. The molecule has 1 aromatic heterocycles. The minimum Gasteiger partial charge on any atom is -0.334 e. The van der Waals surface area contributed by atoms with E-state index in [1.165, 1.54) is 9.75 Å². The number of likely N-dealkylation sites (tertiary alicyclic amines) is 1. The van der Waals surface area contributed by atoms with E-state index in [0.29, 0.717) is 0 Å². The molecule has 0 spiro atoms. The number of hydrogen-bond donors (Lipinski definition) is 1. The zero-order chi connectivity index (χ0) is 11.7. The predicted molar refractivity (Wildman–Crippen MR) is 66.4 cm³/mol. The molecule has 1 aliphatic rings. The number of aryl methyl sites for hydroxylation is 1. The van der Waals surface area contributed by atoms with Gasteiger partial charge in [-0.3, -0.25) is 4.79 Å². The van der Waals surface area contributed by atoms with Crippen LogP contribution < -0.4 is 5.73 Å². The summed E-state index contributed by atoms with van der Waals surface area (Å²) in [6.07, 6.45) is 2.15. The van der Waals surface area contributed by atoms with Crippen LogP contribution in [-0.4, -0.2) is 23.4 Å². The maximum atomic E-state index is 11.9. The highest BCUT2D eigenvalue weighted by atomic mass is 32.1. The van der Waals surface area contributed by atoms with Gasteiger partial charge in [0, 0.05) is 16.3 Å². The van der Waals surface area contributed by atoms with Crippen LogP contribution in [0.4, 0.5) is 0 Å². The van der Waals surface area contributed by atoms with Gasteiger partial charge in [-0.1, -0.05) is 0 Å². The molecule has 1 amide bonds. The monoisotopic (exact) mass is 238 g/mol. The molecule has 0 aromatic carbocycles. The summed E-state index contributed by atoms with van der Waals surface area (Å²) in [7, 11) is 0. The first-order valence-electron chi connectivity index (χ1n) is 5.72. The highest BCUT2D eigenvalue weighted by Gasteiger charge is 2.31. The van der Waals surface area contributed by atoms with Crippen LogP contribution in [0.2, 0.25) is 0 Å². The van der Waals surface area contributed by atoms with Crippen LogP contribution in [0, 0.1) is 6.92 Å². The first-order chi connectivity index (χ1) is 7.59. The highest BCUT2D eigenvalue weighted by molar-refractivity contribution is 7.12. The fourth-order valence-corrected chi connectivity index (χ4v) is 3.25. The summed E-state index contributed by atoms with van der Waals surface area (Å²) in [5.74, 6) is 0.0774. The standard InChI is InChI=1S/C12H18N2OS/c1-8-5-6-11(16-8)10-4-3-7-14(10)12(15)9(2)13/h5-6,9-10H,3-4,7,13H2,1-2H3/t9-,10?/m1/s1. The molecule has 88 valence electrons. The minimum absolute atomic E-state index is 0.0774. The fraction of sp³-hybridized carbons (Fsp3) is 0.583. The number of nitrogens with zero attached hydrogens (tertiary/aromatic N) is 1. The molecule has 0 saturated carbocycles. The average Bonchev–Trinajstić information content (AvgIpc) is 2.83. The van der Waals surface area contributed by atoms with Crippen molar-refractivity contribution in [2.45, 2.75) is 38.8 Å². The van der Waals surface area contributed by atoms with Gasteiger partial charge in [-0.2, -0.15) is 0 Å². The van der Waals surface area contributed by atoms with Crippen molar-refractivity contribution in [3.63, 3.8) is 0 Å². The van der Waals surface area contributed by atoms with E-state index in [9.17, 15) is 4.79 Å². The SMILES string of the molecule is Cc1ccc(C2CCCN2C(=O)[C@@H](C)N)s1. The Labute approximate surface area is 100 Å². The van der Waals surface area contributed by atoms with Crippen molar-refractivity contribution in [3.05, 3.63) is 21.9 Å². The topological polar surface area (TPSA) is 46.3 Å². The molecule has 16 heavy (non-hydrogen) atoms. The Morgan fingerprint density at radius 1 is 1.62 bits per heavy atom. The Hall–Kier alpha value is -0.870. The second-order valence-corrected chi connectivity index (χ2v) is 5.75. The lowest BCUT2D eigenvalue weighted by atomic mass is 10.1. The van der Waals surface area contributed by atoms with E-state index in [0.717, 1.165) is 19.4 Å². The van der Waals surface area contributed by atoms with Crippen LogP contribution in [0.1, 0.15) is 35.6 Å². The van der Waals surface area contributed by atoms with E-state index < -0.39 is 0 Å². The number of amides is 1. The molecule has 1 aromatic rings. The largest absolute Gasteiger partial charge is 0.334 e. The van der Waals surface area contributed by atoms with Gasteiger partial charge in [0.15, 0.2) is 0 Å². The molecule has 0 radical (unpaired) electrons. The summed E-state index contributed by atoms with van der Waals surface area (Å²) in [4.78, 5) is 16.5. The van der Waals surface area contributed by atoms with Crippen LogP contribution in [0.5, 0.6) is 0 Å². The molecule has 1 unspecified atom stereocenters. The Balaban J connectivity index is 2.18. The van der Waals surface area contributed by atoms with Gasteiger partial charge in [0.2, 0.25) is 5.91 Å². The zero-order valence-corrected chi connectivity index (χ0v) is 10.6. The Morgan fingerprint density at radius 3 is 2.94 bits per heavy atom. The predicted octanol–water partition coefficient (Wildman–Crippen LogP) is 2.07. The molecule has 2 rings (SSSR count). The summed E-state index contributed by atoms with van der Waals surface area (Å²) in [6, 6.07) is 4.13. The second kappa shape index (κ2) is 4.55. The quantitative estimate of drug-likeness (QED) is 0.857. The number of nitrogens with two attached hydrogens (primary N) is 1. The van der Waals surface area contributed by atoms with Crippen LogP contribution in [-0.2, 0) is 4.79 Å². The third-order valence-electron chi connectivity index (χ3n) is 3.01. The molecule has 1 fully saturated rings. The molecule has 0 bridgehead atoms. The third kappa shape index (κ3) is 2.13. The number of carbonyl (C=O) groups is 1. The lowest BCUT2D eigenvalue weighted by molar-refractivity contribution is -0.133. The van der Waals surface area contributed by atoms with Crippen LogP contribution in [0.15, 0.2) is 12.1 Å². The normalized spacial score (nSPS) is 22.4. The van der Waals surface area contributed by atoms with Crippen molar-refractivity contribution >= 4 is 17.2 Å². The van der Waals surface area contributed by atoms with Gasteiger partial charge in [0.1, 0.15) is 0 Å². The lowest BCUT2D eigenvalue weighted by Gasteiger charge is -2.25. The fourth-order valence-electron chi connectivity index (χ4n) is 2.22. The summed E-state index contributed by atoms with van der Waals surface area (Å²) in [5, 5.41) is 0. The van der Waals surface area contributed by atoms with Crippen molar-refractivity contribution in [2.24, 2.45) is 5.73 Å². The van der Waals surface area contributed by atoms with Crippen LogP contribution in [0.3, 0.4) is 0 Å². The number of thiophene rings is 1. The molecule has 2 N–H and O–H groups in total. The van der Waals surface area contributed by atoms with Gasteiger partial charge in [-0.15, -0.1) is 11.3 Å². The van der Waals surface area contributed by atoms with E-state index in [1.54, 1.807) is 18.3 Å². The lowest BCUT2D eigenvalue weighted by Crippen LogP contribution is -2.41. The molecule has 1 aliphatic heterocycles. The molecular weight excluding hydrogens is 220 g/mol. The number of rotatable bonds is 2. The van der Waals surface area contributed by atoms with Crippen LogP contribution in [0.25, 0.3) is 0 Å². The van der Waals surface area contributed by atoms with Gasteiger partial charge in [-0.25, -0.2) is 0 Å². The van der Waals surface area contributed by atoms with Gasteiger partial charge in [-0.05, 0) is 38.8 Å². The molecule has 1 saturated heterocycles. The smallest absolute Gasteiger partial charge is 0.239 e. The third-order valence-corrected chi connectivity index (χ3v) is 4.12. The molecular formula is C12H18N2OS. The first-order valence-corrected chi connectivity index (χ1v) is 6.53. The maximum Gasteiger partial charge on any atom is 0.239 e. The second-order valence-electron chi connectivity index (χ2n) is 4.43. The summed E-state index contributed by atoms with van der Waals surface area (Å²) < 4.78 is 0. The molecule has 2 heterocycles. The summed E-state index contributed by atoms with van der Waals surface area (Å²) >= 11 is 1.78. The van der Waals surface area contributed by atoms with Crippen molar-refractivity contribution in [2.75, 3.05) is 6.54 Å². The highest BCUT2D eigenvalue weighted by Crippen LogP contribution is 2.35. The Bertz CT molecular complexity index is 386. The summed E-state index contributed by atoms with van der Waals surface area (Å²) in [5.41, 5.74) is 5.67. The van der Waals surface area contributed by atoms with E-state index in [2.05, 4.69) is 19.1 Å². The average molecular weight is 238 g/mol. The van der Waals surface area contributed by atoms with E-state index in [4.69, 9.17) is 5.73 Å². The molecule has 2 atom stereocenters. The molecule has 3 nitrogen and oxygen atoms in total.